The summed E-state index contributed by atoms with van der Waals surface area (Å²) < 4.78 is 11.3. The monoisotopic (exact) mass is 992 g/mol. The maximum Gasteiger partial charge on any atom is 0.220 e. The number of rotatable bonds is 53. The number of carbonyl (C=O) groups excluding carboxylic acids is 1. The fourth-order valence-corrected chi connectivity index (χ4v) is 9.96. The van der Waals surface area contributed by atoms with Gasteiger partial charge in [-0.25, -0.2) is 0 Å². The zero-order valence-electron chi connectivity index (χ0n) is 46.0. The van der Waals surface area contributed by atoms with Gasteiger partial charge in [0.1, 0.15) is 24.4 Å². The molecule has 1 rings (SSSR count). The summed E-state index contributed by atoms with van der Waals surface area (Å²) in [4.78, 5) is 13.0. The molecule has 1 saturated heterocycles. The van der Waals surface area contributed by atoms with Gasteiger partial charge in [-0.05, 0) is 44.9 Å². The van der Waals surface area contributed by atoms with Crippen molar-refractivity contribution in [1.29, 1.82) is 0 Å². The lowest BCUT2D eigenvalue weighted by atomic mass is 9.99. The van der Waals surface area contributed by atoms with E-state index in [1.165, 1.54) is 231 Å². The number of aliphatic hydroxyl groups excluding tert-OH is 5. The third kappa shape index (κ3) is 40.1. The highest BCUT2D eigenvalue weighted by molar-refractivity contribution is 5.76. The van der Waals surface area contributed by atoms with Gasteiger partial charge in [0.25, 0.3) is 0 Å². The van der Waals surface area contributed by atoms with Crippen molar-refractivity contribution in [3.8, 4) is 0 Å². The second-order valence-electron chi connectivity index (χ2n) is 21.5. The number of carbonyl (C=O) groups is 1. The van der Waals surface area contributed by atoms with Crippen LogP contribution in [0.1, 0.15) is 303 Å². The summed E-state index contributed by atoms with van der Waals surface area (Å²) in [5, 5.41) is 54.5. The van der Waals surface area contributed by atoms with Crippen LogP contribution in [0.3, 0.4) is 0 Å². The maximum atomic E-state index is 13.0. The smallest absolute Gasteiger partial charge is 0.220 e. The van der Waals surface area contributed by atoms with E-state index in [9.17, 15) is 30.3 Å². The van der Waals surface area contributed by atoms with Crippen molar-refractivity contribution in [3.05, 3.63) is 24.3 Å². The van der Waals surface area contributed by atoms with E-state index in [4.69, 9.17) is 9.47 Å². The first-order chi connectivity index (χ1) is 34.3. The van der Waals surface area contributed by atoms with E-state index in [2.05, 4.69) is 43.5 Å². The topological polar surface area (TPSA) is 149 Å². The van der Waals surface area contributed by atoms with E-state index >= 15 is 0 Å². The Morgan fingerprint density at radius 2 is 0.843 bits per heavy atom. The van der Waals surface area contributed by atoms with E-state index in [1.807, 2.05) is 0 Å². The summed E-state index contributed by atoms with van der Waals surface area (Å²) in [5.41, 5.74) is 0. The minimum atomic E-state index is -1.55. The number of hydrogen-bond acceptors (Lipinski definition) is 8. The zero-order valence-corrected chi connectivity index (χ0v) is 46.0. The third-order valence-corrected chi connectivity index (χ3v) is 14.8. The zero-order chi connectivity index (χ0) is 50.8. The van der Waals surface area contributed by atoms with Crippen molar-refractivity contribution in [2.75, 3.05) is 13.2 Å². The molecule has 9 nitrogen and oxygen atoms in total. The average Bonchev–Trinajstić information content (AvgIpc) is 3.36. The molecule has 0 saturated carbocycles. The Bertz CT molecular complexity index is 1150. The Labute approximate surface area is 432 Å². The van der Waals surface area contributed by atoms with Crippen LogP contribution in [-0.4, -0.2) is 87.5 Å². The van der Waals surface area contributed by atoms with Gasteiger partial charge in [-0.2, -0.15) is 0 Å². The SMILES string of the molecule is CCCCCCCCCCCCCCC/C=C\C/C=C\CCCCCCCCCCCCCCCCCCCC(=O)NC(COC1OC(CO)C(O)C(O)C1O)C(O)CCCCCCCCCCCC. The molecule has 0 aromatic heterocycles. The Kier molecular flexibility index (Phi) is 48.7. The Morgan fingerprint density at radius 3 is 1.23 bits per heavy atom. The van der Waals surface area contributed by atoms with E-state index < -0.39 is 49.5 Å². The van der Waals surface area contributed by atoms with Crippen LogP contribution < -0.4 is 5.32 Å². The molecule has 1 aliphatic heterocycles. The molecule has 9 heteroatoms. The van der Waals surface area contributed by atoms with Gasteiger partial charge in [0.05, 0.1) is 25.4 Å². The lowest BCUT2D eigenvalue weighted by Crippen LogP contribution is -2.60. The summed E-state index contributed by atoms with van der Waals surface area (Å²) in [6.45, 7) is 3.84. The van der Waals surface area contributed by atoms with Gasteiger partial charge in [0, 0.05) is 6.42 Å². The van der Waals surface area contributed by atoms with Gasteiger partial charge in [0.2, 0.25) is 5.91 Å². The van der Waals surface area contributed by atoms with Gasteiger partial charge < -0.3 is 40.3 Å². The summed E-state index contributed by atoms with van der Waals surface area (Å²) in [6, 6.07) is -0.715. The first-order valence-electron chi connectivity index (χ1n) is 30.5. The van der Waals surface area contributed by atoms with E-state index in [-0.39, 0.29) is 12.5 Å². The molecule has 70 heavy (non-hydrogen) atoms. The van der Waals surface area contributed by atoms with Crippen molar-refractivity contribution >= 4 is 5.91 Å². The number of ether oxygens (including phenoxy) is 2. The van der Waals surface area contributed by atoms with Gasteiger partial charge in [0.15, 0.2) is 6.29 Å². The molecule has 414 valence electrons. The molecule has 0 aromatic carbocycles. The highest BCUT2D eigenvalue weighted by Crippen LogP contribution is 2.23. The number of allylic oxidation sites excluding steroid dienone is 4. The molecule has 7 atom stereocenters. The van der Waals surface area contributed by atoms with E-state index in [1.54, 1.807) is 0 Å². The van der Waals surface area contributed by atoms with Crippen LogP contribution in [0.25, 0.3) is 0 Å². The molecule has 1 amide bonds. The highest BCUT2D eigenvalue weighted by Gasteiger charge is 2.44. The standard InChI is InChI=1S/C61H117NO8/c1-3-5-7-9-11-13-15-16-17-18-19-20-21-22-23-24-25-26-27-28-29-30-31-32-33-34-35-36-37-38-39-40-41-43-45-47-49-51-57(65)62-54(53-69-61-60(68)59(67)58(66)56(52-63)70-61)55(64)50-48-46-44-42-14-12-10-8-6-4-2/h23-24,26-27,54-56,58-61,63-64,66-68H,3-22,25,28-53H2,1-2H3,(H,62,65)/b24-23-,27-26-. The van der Waals surface area contributed by atoms with Crippen molar-refractivity contribution in [3.63, 3.8) is 0 Å². The Balaban J connectivity index is 2.02. The summed E-state index contributed by atoms with van der Waals surface area (Å²) in [7, 11) is 0. The number of nitrogens with one attached hydrogen (secondary N) is 1. The first kappa shape index (κ1) is 66.7. The van der Waals surface area contributed by atoms with Crippen LogP contribution in [0.5, 0.6) is 0 Å². The second kappa shape index (κ2) is 51.2. The molecule has 0 aromatic rings. The molecule has 7 unspecified atom stereocenters. The molecule has 0 bridgehead atoms. The number of amides is 1. The fourth-order valence-electron chi connectivity index (χ4n) is 9.96. The molecule has 1 fully saturated rings. The van der Waals surface area contributed by atoms with Crippen LogP contribution in [0.4, 0.5) is 0 Å². The molecular weight excluding hydrogens is 875 g/mol. The largest absolute Gasteiger partial charge is 0.394 e. The molecule has 1 aliphatic rings. The van der Waals surface area contributed by atoms with Gasteiger partial charge >= 0.3 is 0 Å². The molecular formula is C61H117NO8. The predicted octanol–water partition coefficient (Wildman–Crippen LogP) is 15.4. The van der Waals surface area contributed by atoms with Crippen molar-refractivity contribution in [1.82, 2.24) is 5.32 Å². The first-order valence-corrected chi connectivity index (χ1v) is 30.5. The number of unbranched alkanes of at least 4 members (excludes halogenated alkanes) is 39. The predicted molar refractivity (Wildman–Crippen MR) is 295 cm³/mol. The highest BCUT2D eigenvalue weighted by atomic mass is 16.7. The second-order valence-corrected chi connectivity index (χ2v) is 21.5. The normalized spacial score (nSPS) is 19.4. The van der Waals surface area contributed by atoms with Gasteiger partial charge in [-0.15, -0.1) is 0 Å². The molecule has 6 N–H and O–H groups in total. The molecule has 1 heterocycles. The van der Waals surface area contributed by atoms with Gasteiger partial charge in [-0.1, -0.05) is 276 Å². The van der Waals surface area contributed by atoms with Crippen LogP contribution in [0.15, 0.2) is 24.3 Å². The van der Waals surface area contributed by atoms with Crippen molar-refractivity contribution < 1.29 is 39.8 Å². The Morgan fingerprint density at radius 1 is 0.486 bits per heavy atom. The number of aliphatic hydroxyl groups is 5. The summed E-state index contributed by atoms with van der Waals surface area (Å²) in [6.07, 6.45) is 58.3. The van der Waals surface area contributed by atoms with Gasteiger partial charge in [-0.3, -0.25) is 4.79 Å². The van der Waals surface area contributed by atoms with Crippen LogP contribution in [0, 0.1) is 0 Å². The summed E-state index contributed by atoms with van der Waals surface area (Å²) in [5.74, 6) is -0.142. The minimum absolute atomic E-state index is 0.135. The van der Waals surface area contributed by atoms with Crippen molar-refractivity contribution in [2.45, 2.75) is 346 Å². The average molecular weight is 993 g/mol. The Hall–Kier alpha value is -1.33. The van der Waals surface area contributed by atoms with Crippen LogP contribution >= 0.6 is 0 Å². The number of hydrogen-bond donors (Lipinski definition) is 6. The van der Waals surface area contributed by atoms with Crippen LogP contribution in [-0.2, 0) is 14.3 Å². The quantitative estimate of drug-likeness (QED) is 0.0261. The van der Waals surface area contributed by atoms with E-state index in [0.29, 0.717) is 12.8 Å². The van der Waals surface area contributed by atoms with E-state index in [0.717, 1.165) is 44.9 Å². The molecule has 0 spiro atoms. The maximum absolute atomic E-state index is 13.0. The minimum Gasteiger partial charge on any atom is -0.394 e. The lowest BCUT2D eigenvalue weighted by molar-refractivity contribution is -0.302. The fraction of sp³-hybridized carbons (Fsp3) is 0.918. The van der Waals surface area contributed by atoms with Crippen molar-refractivity contribution in [2.24, 2.45) is 0 Å². The lowest BCUT2D eigenvalue weighted by Gasteiger charge is -2.40. The molecule has 0 aliphatic carbocycles. The van der Waals surface area contributed by atoms with Crippen LogP contribution in [0.2, 0.25) is 0 Å². The third-order valence-electron chi connectivity index (χ3n) is 14.8. The molecule has 0 radical (unpaired) electrons. The summed E-state index contributed by atoms with van der Waals surface area (Å²) >= 11 is 0.